The van der Waals surface area contributed by atoms with Gasteiger partial charge in [-0.15, -0.1) is 0 Å². The van der Waals surface area contributed by atoms with Crippen LogP contribution in [0.5, 0.6) is 0 Å². The molecule has 2 N–H and O–H groups in total. The number of nitrogens with two attached hydrogens (primary N) is 1. The number of rotatable bonds is 2. The zero-order chi connectivity index (χ0) is 14.4. The number of aromatic nitrogens is 3. The van der Waals surface area contributed by atoms with Gasteiger partial charge in [-0.3, -0.25) is 0 Å². The number of thioether (sulfide) groups is 1. The van der Waals surface area contributed by atoms with E-state index < -0.39 is 0 Å². The molecule has 2 aromatic heterocycles. The van der Waals surface area contributed by atoms with Crippen LogP contribution in [-0.4, -0.2) is 27.4 Å². The maximum atomic E-state index is 6.13. The van der Waals surface area contributed by atoms with E-state index in [1.807, 2.05) is 23.9 Å². The average molecular weight is 300 g/mol. The number of nitrogen functional groups attached to an aromatic ring is 1. The fourth-order valence-electron chi connectivity index (χ4n) is 3.01. The van der Waals surface area contributed by atoms with Gasteiger partial charge in [0.2, 0.25) is 0 Å². The van der Waals surface area contributed by atoms with Crippen molar-refractivity contribution in [1.82, 2.24) is 14.5 Å². The molecule has 0 bridgehead atoms. The largest absolute Gasteiger partial charge is 0.382 e. The van der Waals surface area contributed by atoms with E-state index in [1.165, 1.54) is 10.9 Å². The average Bonchev–Trinajstić information content (AvgIpc) is 2.88. The van der Waals surface area contributed by atoms with E-state index in [9.17, 15) is 0 Å². The molecule has 4 rings (SSSR count). The summed E-state index contributed by atoms with van der Waals surface area (Å²) in [6.07, 6.45) is 2.11. The first kappa shape index (κ1) is 12.9. The zero-order valence-electron chi connectivity index (χ0n) is 11.8. The molecule has 1 aliphatic heterocycles. The second kappa shape index (κ2) is 4.89. The van der Waals surface area contributed by atoms with Gasteiger partial charge in [-0.2, -0.15) is 11.8 Å². The molecule has 21 heavy (non-hydrogen) atoms. The Morgan fingerprint density at radius 2 is 2.29 bits per heavy atom. The number of fused-ring (bicyclic) bond motifs is 5. The first-order chi connectivity index (χ1) is 10.3. The van der Waals surface area contributed by atoms with E-state index in [1.54, 1.807) is 0 Å². The van der Waals surface area contributed by atoms with Gasteiger partial charge in [0.05, 0.1) is 17.6 Å². The molecule has 0 amide bonds. The van der Waals surface area contributed by atoms with E-state index in [-0.39, 0.29) is 0 Å². The van der Waals surface area contributed by atoms with Crippen molar-refractivity contribution in [2.75, 3.05) is 18.6 Å². The summed E-state index contributed by atoms with van der Waals surface area (Å²) in [4.78, 5) is 9.19. The van der Waals surface area contributed by atoms with Crippen molar-refractivity contribution in [2.45, 2.75) is 18.9 Å². The smallest absolute Gasteiger partial charge is 0.152 e. The maximum absolute atomic E-state index is 6.13. The van der Waals surface area contributed by atoms with Crippen LogP contribution in [0.15, 0.2) is 18.2 Å². The predicted molar refractivity (Wildman–Crippen MR) is 86.3 cm³/mol. The van der Waals surface area contributed by atoms with Crippen molar-refractivity contribution in [3.05, 3.63) is 29.6 Å². The van der Waals surface area contributed by atoms with Gasteiger partial charge in [-0.05, 0) is 17.9 Å². The molecular formula is C15H16N4OS. The third kappa shape index (κ3) is 1.90. The predicted octanol–water partition coefficient (Wildman–Crippen LogP) is 2.56. The number of pyridine rings is 1. The molecule has 0 saturated carbocycles. The number of benzene rings is 1. The van der Waals surface area contributed by atoms with Gasteiger partial charge in [-0.1, -0.05) is 12.1 Å². The van der Waals surface area contributed by atoms with E-state index in [4.69, 9.17) is 10.5 Å². The molecule has 0 spiro atoms. The van der Waals surface area contributed by atoms with Crippen LogP contribution in [0.2, 0.25) is 0 Å². The Hall–Kier alpha value is -1.79. The Labute approximate surface area is 126 Å². The summed E-state index contributed by atoms with van der Waals surface area (Å²) < 4.78 is 7.75. The molecule has 0 aliphatic carbocycles. The summed E-state index contributed by atoms with van der Waals surface area (Å²) in [6.45, 7) is 2.07. The minimum atomic E-state index is 0.501. The van der Waals surface area contributed by atoms with Crippen LogP contribution in [-0.2, 0) is 23.6 Å². The third-order valence-corrected chi connectivity index (χ3v) is 4.49. The van der Waals surface area contributed by atoms with E-state index >= 15 is 0 Å². The fraction of sp³-hybridized carbons (Fsp3) is 0.333. The van der Waals surface area contributed by atoms with Crippen LogP contribution in [0.3, 0.4) is 0 Å². The summed E-state index contributed by atoms with van der Waals surface area (Å²) in [6, 6.07) is 6.23. The van der Waals surface area contributed by atoms with Crippen molar-refractivity contribution in [3.63, 3.8) is 0 Å². The number of ether oxygens (including phenoxy) is 1. The number of hydrogen-bond acceptors (Lipinski definition) is 5. The van der Waals surface area contributed by atoms with Crippen molar-refractivity contribution in [2.24, 2.45) is 0 Å². The molecule has 3 heterocycles. The number of anilines is 1. The van der Waals surface area contributed by atoms with Crippen LogP contribution < -0.4 is 5.73 Å². The zero-order valence-corrected chi connectivity index (χ0v) is 12.6. The summed E-state index contributed by atoms with van der Waals surface area (Å²) >= 11 is 1.81. The molecule has 0 radical (unpaired) electrons. The highest BCUT2D eigenvalue weighted by Crippen LogP contribution is 2.33. The first-order valence-corrected chi connectivity index (χ1v) is 8.32. The Bertz CT molecular complexity index is 843. The molecule has 1 aromatic carbocycles. The fourth-order valence-corrected chi connectivity index (χ4v) is 3.56. The SMILES string of the molecule is CSCc1cccc2nc(N)c3nc4n(c3c12)CCOC4. The first-order valence-electron chi connectivity index (χ1n) is 6.92. The van der Waals surface area contributed by atoms with Crippen LogP contribution in [0, 0.1) is 0 Å². The Balaban J connectivity index is 2.17. The van der Waals surface area contributed by atoms with Gasteiger partial charge < -0.3 is 15.0 Å². The molecule has 0 atom stereocenters. The number of hydrogen-bond donors (Lipinski definition) is 1. The monoisotopic (exact) mass is 300 g/mol. The van der Waals surface area contributed by atoms with Crippen LogP contribution in [0.1, 0.15) is 11.4 Å². The van der Waals surface area contributed by atoms with Gasteiger partial charge in [0.1, 0.15) is 17.9 Å². The molecule has 0 unspecified atom stereocenters. The van der Waals surface area contributed by atoms with Crippen LogP contribution >= 0.6 is 11.8 Å². The highest BCUT2D eigenvalue weighted by Gasteiger charge is 2.20. The lowest BCUT2D eigenvalue weighted by Gasteiger charge is -2.16. The molecular weight excluding hydrogens is 284 g/mol. The van der Waals surface area contributed by atoms with Gasteiger partial charge in [0, 0.05) is 17.7 Å². The summed E-state index contributed by atoms with van der Waals surface area (Å²) in [5.41, 5.74) is 10.3. The highest BCUT2D eigenvalue weighted by atomic mass is 32.2. The number of imidazole rings is 1. The van der Waals surface area contributed by atoms with Gasteiger partial charge in [0.15, 0.2) is 5.82 Å². The lowest BCUT2D eigenvalue weighted by atomic mass is 10.1. The molecule has 0 saturated heterocycles. The Kier molecular flexibility index (Phi) is 3.01. The maximum Gasteiger partial charge on any atom is 0.152 e. The van der Waals surface area contributed by atoms with E-state index in [0.29, 0.717) is 19.0 Å². The molecule has 1 aliphatic rings. The number of nitrogens with zero attached hydrogens (tertiary/aromatic N) is 3. The van der Waals surface area contributed by atoms with Crippen molar-refractivity contribution in [3.8, 4) is 0 Å². The Morgan fingerprint density at radius 3 is 3.14 bits per heavy atom. The van der Waals surface area contributed by atoms with Crippen molar-refractivity contribution < 1.29 is 4.74 Å². The molecule has 108 valence electrons. The van der Waals surface area contributed by atoms with E-state index in [2.05, 4.69) is 26.9 Å². The van der Waals surface area contributed by atoms with Crippen LogP contribution in [0.4, 0.5) is 5.82 Å². The Morgan fingerprint density at radius 1 is 1.38 bits per heavy atom. The molecule has 6 heteroatoms. The van der Waals surface area contributed by atoms with Crippen molar-refractivity contribution in [1.29, 1.82) is 0 Å². The van der Waals surface area contributed by atoms with Crippen molar-refractivity contribution >= 4 is 39.5 Å². The van der Waals surface area contributed by atoms with Gasteiger partial charge in [-0.25, -0.2) is 9.97 Å². The van der Waals surface area contributed by atoms with E-state index in [0.717, 1.165) is 34.7 Å². The third-order valence-electron chi connectivity index (χ3n) is 3.89. The van der Waals surface area contributed by atoms with Gasteiger partial charge >= 0.3 is 0 Å². The van der Waals surface area contributed by atoms with Gasteiger partial charge in [0.25, 0.3) is 0 Å². The minimum Gasteiger partial charge on any atom is -0.382 e. The normalized spacial score (nSPS) is 14.7. The molecule has 0 fully saturated rings. The summed E-state index contributed by atoms with van der Waals surface area (Å²) in [5.74, 6) is 2.40. The standard InChI is InChI=1S/C15H16N4OS/c1-21-8-9-3-2-4-10-12(9)14-13(15(16)17-10)18-11-7-20-6-5-19(11)14/h2-4H,5-8H2,1H3,(H2,16,17). The second-order valence-corrected chi connectivity index (χ2v) is 6.04. The second-order valence-electron chi connectivity index (χ2n) is 5.17. The van der Waals surface area contributed by atoms with Crippen LogP contribution in [0.25, 0.3) is 21.9 Å². The quantitative estimate of drug-likeness (QED) is 0.788. The topological polar surface area (TPSA) is 66.0 Å². The minimum absolute atomic E-state index is 0.501. The lowest BCUT2D eigenvalue weighted by Crippen LogP contribution is -2.16. The highest BCUT2D eigenvalue weighted by molar-refractivity contribution is 7.97. The lowest BCUT2D eigenvalue weighted by molar-refractivity contribution is 0.0831. The molecule has 5 nitrogen and oxygen atoms in total. The summed E-state index contributed by atoms with van der Waals surface area (Å²) in [7, 11) is 0. The summed E-state index contributed by atoms with van der Waals surface area (Å²) in [5, 5.41) is 1.18. The molecule has 3 aromatic rings.